The molecule has 9 heteroatoms. The summed E-state index contributed by atoms with van der Waals surface area (Å²) in [6, 6.07) is 20.4. The van der Waals surface area contributed by atoms with Crippen LogP contribution in [0.5, 0.6) is 17.2 Å². The lowest BCUT2D eigenvalue weighted by atomic mass is 9.93. The number of hydrogen-bond acceptors (Lipinski definition) is 8. The highest BCUT2D eigenvalue weighted by atomic mass is 35.5. The maximum atomic E-state index is 9.74. The van der Waals surface area contributed by atoms with Crippen LogP contribution in [0.25, 0.3) is 11.1 Å². The quantitative estimate of drug-likeness (QED) is 0.133. The van der Waals surface area contributed by atoms with Gasteiger partial charge in [0, 0.05) is 55.8 Å². The minimum Gasteiger partial charge on any atom is -0.494 e. The number of ether oxygens (including phenoxy) is 3. The predicted octanol–water partition coefficient (Wildman–Crippen LogP) is 7.87. The van der Waals surface area contributed by atoms with Crippen molar-refractivity contribution in [3.8, 4) is 34.4 Å². The van der Waals surface area contributed by atoms with E-state index in [0.717, 1.165) is 103 Å². The zero-order chi connectivity index (χ0) is 34.9. The van der Waals surface area contributed by atoms with Crippen molar-refractivity contribution in [2.45, 2.75) is 71.8 Å². The Bertz CT molecular complexity index is 1800. The molecule has 0 saturated carbocycles. The van der Waals surface area contributed by atoms with Crippen molar-refractivity contribution < 1.29 is 19.3 Å². The molecular formula is C41H47ClN4O4. The van der Waals surface area contributed by atoms with Crippen molar-refractivity contribution in [3.63, 3.8) is 0 Å². The fourth-order valence-corrected chi connectivity index (χ4v) is 7.14. The fourth-order valence-electron chi connectivity index (χ4n) is 6.90. The molecular weight excluding hydrogens is 648 g/mol. The van der Waals surface area contributed by atoms with Gasteiger partial charge in [0.05, 0.1) is 23.3 Å². The van der Waals surface area contributed by atoms with Gasteiger partial charge in [-0.05, 0) is 105 Å². The number of aromatic nitrogens is 1. The van der Waals surface area contributed by atoms with Crippen LogP contribution < -0.4 is 14.2 Å². The van der Waals surface area contributed by atoms with Gasteiger partial charge in [-0.25, -0.2) is 0 Å². The Kier molecular flexibility index (Phi) is 12.3. The van der Waals surface area contributed by atoms with Crippen molar-refractivity contribution in [2.24, 2.45) is 0 Å². The summed E-state index contributed by atoms with van der Waals surface area (Å²) in [5.74, 6) is 2.15. The Labute approximate surface area is 301 Å². The highest BCUT2D eigenvalue weighted by molar-refractivity contribution is 6.32. The van der Waals surface area contributed by atoms with Gasteiger partial charge in [0.15, 0.2) is 0 Å². The number of aryl methyl sites for hydroxylation is 1. The second kappa shape index (κ2) is 17.2. The molecule has 1 atom stereocenters. The number of piperidine rings is 1. The van der Waals surface area contributed by atoms with Crippen molar-refractivity contribution >= 4 is 11.6 Å². The van der Waals surface area contributed by atoms with Crippen LogP contribution in [0.4, 0.5) is 0 Å². The van der Waals surface area contributed by atoms with Crippen molar-refractivity contribution in [3.05, 3.63) is 105 Å². The van der Waals surface area contributed by atoms with E-state index in [1.54, 1.807) is 18.5 Å². The third-order valence-corrected chi connectivity index (χ3v) is 10.0. The number of pyridine rings is 1. The third-order valence-electron chi connectivity index (χ3n) is 9.73. The molecule has 6 rings (SSSR count). The van der Waals surface area contributed by atoms with Crippen LogP contribution in [0.15, 0.2) is 67.0 Å². The number of hydrogen-bond donors (Lipinski definition) is 1. The first-order valence-electron chi connectivity index (χ1n) is 17.7. The molecule has 0 spiro atoms. The van der Waals surface area contributed by atoms with Gasteiger partial charge in [0.25, 0.3) is 0 Å². The molecule has 3 heterocycles. The molecule has 4 aromatic rings. The number of nitrogens with zero attached hydrogens (tertiary/aromatic N) is 4. The molecule has 262 valence electrons. The van der Waals surface area contributed by atoms with E-state index in [-0.39, 0.29) is 12.7 Å². The van der Waals surface area contributed by atoms with E-state index in [0.29, 0.717) is 29.5 Å². The van der Waals surface area contributed by atoms with Gasteiger partial charge >= 0.3 is 0 Å². The number of benzene rings is 3. The Hall–Kier alpha value is -4.13. The van der Waals surface area contributed by atoms with E-state index in [1.807, 2.05) is 18.2 Å². The molecule has 0 aliphatic carbocycles. The van der Waals surface area contributed by atoms with E-state index in [1.165, 1.54) is 19.3 Å². The normalized spacial score (nSPS) is 16.7. The summed E-state index contributed by atoms with van der Waals surface area (Å²) in [7, 11) is 0. The summed E-state index contributed by atoms with van der Waals surface area (Å²) in [5, 5.41) is 19.6. The third kappa shape index (κ3) is 9.35. The topological polar surface area (TPSA) is 91.1 Å². The molecule has 3 aromatic carbocycles. The van der Waals surface area contributed by atoms with Crippen LogP contribution in [0.1, 0.15) is 65.5 Å². The zero-order valence-electron chi connectivity index (χ0n) is 29.2. The summed E-state index contributed by atoms with van der Waals surface area (Å²) in [6.07, 6.45) is 8.54. The van der Waals surface area contributed by atoms with Gasteiger partial charge in [0.1, 0.15) is 36.5 Å². The van der Waals surface area contributed by atoms with Gasteiger partial charge in [0.2, 0.25) is 0 Å². The summed E-state index contributed by atoms with van der Waals surface area (Å²) in [4.78, 5) is 8.92. The van der Waals surface area contributed by atoms with Crippen LogP contribution in [0, 0.1) is 25.2 Å². The van der Waals surface area contributed by atoms with Gasteiger partial charge in [-0.1, -0.05) is 42.3 Å². The number of halogens is 1. The number of β-amino-alcohol motifs (C(OH)–C–C–N with tert-alkyl or cyclic N) is 1. The number of aliphatic hydroxyl groups excluding tert-OH is 1. The number of rotatable bonds is 14. The largest absolute Gasteiger partial charge is 0.494 e. The van der Waals surface area contributed by atoms with E-state index in [9.17, 15) is 10.4 Å². The summed E-state index contributed by atoms with van der Waals surface area (Å²) >= 11 is 6.86. The molecule has 2 aliphatic heterocycles. The monoisotopic (exact) mass is 694 g/mol. The predicted molar refractivity (Wildman–Crippen MR) is 197 cm³/mol. The SMILES string of the molecule is Cc1cc(OCCCN2CC[C@@H](O)C2)ccc1-c1cccc(COc2cc(OCc3cncc(C#N)c3)c(CN3CCCCC3)cc2Cl)c1C. The van der Waals surface area contributed by atoms with Crippen molar-refractivity contribution in [1.82, 2.24) is 14.8 Å². The summed E-state index contributed by atoms with van der Waals surface area (Å²) in [5.41, 5.74) is 8.03. The molecule has 0 amide bonds. The fraction of sp³-hybridized carbons (Fsp3) is 0.415. The van der Waals surface area contributed by atoms with E-state index in [4.69, 9.17) is 25.8 Å². The maximum absolute atomic E-state index is 9.74. The smallest absolute Gasteiger partial charge is 0.142 e. The van der Waals surface area contributed by atoms with Gasteiger partial charge in [-0.3, -0.25) is 9.88 Å². The first-order valence-corrected chi connectivity index (χ1v) is 18.1. The Balaban J connectivity index is 1.13. The maximum Gasteiger partial charge on any atom is 0.142 e. The minimum absolute atomic E-state index is 0.185. The van der Waals surface area contributed by atoms with Crippen molar-refractivity contribution in [2.75, 3.05) is 39.3 Å². The van der Waals surface area contributed by atoms with Gasteiger partial charge < -0.3 is 24.2 Å². The minimum atomic E-state index is -0.185. The number of likely N-dealkylation sites (tertiary alicyclic amines) is 2. The first-order chi connectivity index (χ1) is 24.4. The number of nitriles is 1. The standard InChI is InChI=1S/C41H47ClN4O4/c1-29-18-36(48-17-7-15-46-16-12-35(47)26-46)10-11-37(29)38-9-6-8-33(30(38)2)28-50-41-21-40(49-27-32-19-31(22-43)23-44-24-32)34(20-39(41)42)25-45-13-4-3-5-14-45/h6,8-11,18-21,23-24,35,47H,3-5,7,12-17,25-28H2,1-2H3/t35-/m1/s1. The lowest BCUT2D eigenvalue weighted by Crippen LogP contribution is -2.29. The first kappa shape index (κ1) is 35.7. The van der Waals surface area contributed by atoms with Gasteiger partial charge in [-0.2, -0.15) is 5.26 Å². The van der Waals surface area contributed by atoms with Crippen LogP contribution in [-0.2, 0) is 19.8 Å². The highest BCUT2D eigenvalue weighted by Crippen LogP contribution is 2.36. The Morgan fingerprint density at radius 3 is 2.50 bits per heavy atom. The van der Waals surface area contributed by atoms with E-state index in [2.05, 4.69) is 65.0 Å². The number of aliphatic hydroxyl groups is 1. The lowest BCUT2D eigenvalue weighted by molar-refractivity contribution is 0.173. The van der Waals surface area contributed by atoms with Crippen LogP contribution >= 0.6 is 11.6 Å². The molecule has 8 nitrogen and oxygen atoms in total. The molecule has 2 fully saturated rings. The second-order valence-electron chi connectivity index (χ2n) is 13.5. The Morgan fingerprint density at radius 1 is 0.880 bits per heavy atom. The molecule has 0 bridgehead atoms. The molecule has 0 unspecified atom stereocenters. The van der Waals surface area contributed by atoms with E-state index < -0.39 is 0 Å². The second-order valence-corrected chi connectivity index (χ2v) is 13.9. The highest BCUT2D eigenvalue weighted by Gasteiger charge is 2.20. The summed E-state index contributed by atoms with van der Waals surface area (Å²) in [6.45, 7) is 11.1. The van der Waals surface area contributed by atoms with Crippen LogP contribution in [0.2, 0.25) is 5.02 Å². The zero-order valence-corrected chi connectivity index (χ0v) is 29.9. The molecule has 1 aromatic heterocycles. The average Bonchev–Trinajstić information content (AvgIpc) is 3.55. The molecule has 0 radical (unpaired) electrons. The molecule has 1 N–H and O–H groups in total. The Morgan fingerprint density at radius 2 is 1.72 bits per heavy atom. The van der Waals surface area contributed by atoms with Crippen LogP contribution in [-0.4, -0.2) is 65.3 Å². The van der Waals surface area contributed by atoms with Crippen LogP contribution in [0.3, 0.4) is 0 Å². The molecule has 2 aliphatic rings. The lowest BCUT2D eigenvalue weighted by Gasteiger charge is -2.27. The van der Waals surface area contributed by atoms with Crippen molar-refractivity contribution in [1.29, 1.82) is 5.26 Å². The van der Waals surface area contributed by atoms with E-state index >= 15 is 0 Å². The molecule has 50 heavy (non-hydrogen) atoms. The molecule has 2 saturated heterocycles. The average molecular weight is 695 g/mol. The summed E-state index contributed by atoms with van der Waals surface area (Å²) < 4.78 is 18.8. The van der Waals surface area contributed by atoms with Gasteiger partial charge in [-0.15, -0.1) is 0 Å².